The van der Waals surface area contributed by atoms with Crippen molar-refractivity contribution in [2.24, 2.45) is 0 Å². The molecule has 0 aromatic rings. The lowest BCUT2D eigenvalue weighted by Gasteiger charge is -1.65. The summed E-state index contributed by atoms with van der Waals surface area (Å²) < 4.78 is 29.0. The molecule has 0 aromatic carbocycles. The summed E-state index contributed by atoms with van der Waals surface area (Å²) in [5.74, 6) is 0. The normalized spacial score (nSPS) is 6.00. The van der Waals surface area contributed by atoms with Gasteiger partial charge in [0.2, 0.25) is 0 Å². The van der Waals surface area contributed by atoms with Crippen molar-refractivity contribution in [1.82, 2.24) is 0 Å². The molecule has 3 N–H and O–H groups in total. The Morgan fingerprint density at radius 2 is 1.33 bits per heavy atom. The van der Waals surface area contributed by atoms with Crippen LogP contribution in [0.25, 0.3) is 0 Å². The van der Waals surface area contributed by atoms with Gasteiger partial charge in [-0.1, -0.05) is 0 Å². The third-order valence-corrected chi connectivity index (χ3v) is 0. The second-order valence-electron chi connectivity index (χ2n) is 0.564. The van der Waals surface area contributed by atoms with Crippen LogP contribution in [-0.4, -0.2) is 23.9 Å². The highest BCUT2D eigenvalue weighted by Gasteiger charge is 1.86. The van der Waals surface area contributed by atoms with E-state index in [2.05, 4.69) is 0 Å². The van der Waals surface area contributed by atoms with Crippen molar-refractivity contribution in [3.8, 4) is 0 Å². The van der Waals surface area contributed by atoms with Gasteiger partial charge in [0.15, 0.2) is 0 Å². The predicted molar refractivity (Wildman–Crippen MR) is 26.0 cm³/mol. The third-order valence-electron chi connectivity index (χ3n) is 0. The van der Waals surface area contributed by atoms with Gasteiger partial charge in [-0.2, -0.15) is 13.2 Å². The minimum absolute atomic E-state index is 0. The van der Waals surface area contributed by atoms with Crippen LogP contribution in [0.5, 0.6) is 0 Å². The summed E-state index contributed by atoms with van der Waals surface area (Å²) in [5, 5.41) is 7.57. The lowest BCUT2D eigenvalue weighted by Crippen LogP contribution is -1.65. The Morgan fingerprint density at radius 1 is 1.33 bits per heavy atom. The maximum absolute atomic E-state index is 9.67. The Labute approximate surface area is 50.0 Å². The average molecular weight is 154 g/mol. The van der Waals surface area contributed by atoms with Crippen LogP contribution in [0.2, 0.25) is 0 Å². The average Bonchev–Trinajstić information content (AvgIpc) is 1.33. The topological polar surface area (TPSA) is 51.7 Å². The highest BCUT2D eigenvalue weighted by Crippen LogP contribution is 1.87. The Bertz CT molecular complexity index is 25.0. The van der Waals surface area contributed by atoms with E-state index in [0.29, 0.717) is 0 Å². The minimum Gasteiger partial charge on any atom is -0.412 e. The van der Waals surface area contributed by atoms with E-state index in [1.165, 1.54) is 0 Å². The molecule has 0 spiro atoms. The van der Waals surface area contributed by atoms with Crippen molar-refractivity contribution in [3.05, 3.63) is 0 Å². The molecule has 0 unspecified atom stereocenters. The van der Waals surface area contributed by atoms with Crippen LogP contribution in [0.3, 0.4) is 0 Å². The van der Waals surface area contributed by atoms with Gasteiger partial charge in [-0.25, -0.2) is 0 Å². The molecular formula is C3H10F4O2. The maximum atomic E-state index is 9.67. The Hall–Kier alpha value is -0.360. The monoisotopic (exact) mass is 154 g/mol. The van der Waals surface area contributed by atoms with Gasteiger partial charge in [-0.15, -0.1) is 0 Å². The molecular weight excluding hydrogens is 144 g/mol. The standard InChI is InChI=1S/C2H6O.CHF3.FH.H2O/c1-2-3;2-1(3)4;;/h3H,2H2,1H3;1H;1H;1H2. The second kappa shape index (κ2) is 25.4. The molecule has 6 heteroatoms. The zero-order chi connectivity index (χ0) is 6.28. The molecule has 0 amide bonds. The molecule has 0 atom stereocenters. The highest BCUT2D eigenvalue weighted by atomic mass is 19.4. The van der Waals surface area contributed by atoms with Crippen LogP contribution in [0.1, 0.15) is 6.92 Å². The van der Waals surface area contributed by atoms with Crippen LogP contribution in [0.15, 0.2) is 0 Å². The van der Waals surface area contributed by atoms with Gasteiger partial charge in [-0.3, -0.25) is 4.70 Å². The van der Waals surface area contributed by atoms with Crippen molar-refractivity contribution in [1.29, 1.82) is 0 Å². The summed E-state index contributed by atoms with van der Waals surface area (Å²) in [7, 11) is 0. The Balaban J connectivity index is -0.0000000233. The quantitative estimate of drug-likeness (QED) is 0.507. The molecule has 0 aliphatic heterocycles. The van der Waals surface area contributed by atoms with E-state index < -0.39 is 6.68 Å². The molecule has 2 nitrogen and oxygen atoms in total. The van der Waals surface area contributed by atoms with Gasteiger partial charge in [0.25, 0.3) is 0 Å². The highest BCUT2D eigenvalue weighted by molar-refractivity contribution is 3.84. The number of aliphatic hydroxyl groups is 1. The van der Waals surface area contributed by atoms with Gasteiger partial charge in [0.05, 0.1) is 0 Å². The number of hydrogen-bond donors (Lipinski definition) is 1. The molecule has 0 rings (SSSR count). The zero-order valence-electron chi connectivity index (χ0n) is 4.77. The number of hydrogen-bond acceptors (Lipinski definition) is 1. The first-order valence-electron chi connectivity index (χ1n) is 1.68. The van der Waals surface area contributed by atoms with Crippen molar-refractivity contribution in [3.63, 3.8) is 0 Å². The smallest absolute Gasteiger partial charge is 0.379 e. The molecule has 9 heavy (non-hydrogen) atoms. The number of alkyl halides is 3. The summed E-state index contributed by atoms with van der Waals surface area (Å²) in [6, 6.07) is 0. The van der Waals surface area contributed by atoms with Crippen LogP contribution in [-0.2, 0) is 0 Å². The fourth-order valence-corrected chi connectivity index (χ4v) is 0. The zero-order valence-corrected chi connectivity index (χ0v) is 4.77. The molecule has 0 saturated heterocycles. The van der Waals surface area contributed by atoms with E-state index in [9.17, 15) is 13.2 Å². The fraction of sp³-hybridized carbons (Fsp3) is 1.00. The van der Waals surface area contributed by atoms with Gasteiger partial charge in [0, 0.05) is 6.61 Å². The molecule has 0 fully saturated rings. The third kappa shape index (κ3) is 1880. The van der Waals surface area contributed by atoms with Crippen LogP contribution < -0.4 is 0 Å². The molecule has 0 aromatic heterocycles. The van der Waals surface area contributed by atoms with E-state index in [0.717, 1.165) is 0 Å². The molecule has 0 heterocycles. The van der Waals surface area contributed by atoms with E-state index in [1.54, 1.807) is 6.92 Å². The lowest BCUT2D eigenvalue weighted by molar-refractivity contribution is 0.00819. The van der Waals surface area contributed by atoms with Crippen molar-refractivity contribution in [2.45, 2.75) is 13.6 Å². The van der Waals surface area contributed by atoms with Gasteiger partial charge in [-0.05, 0) is 6.92 Å². The molecule has 0 aliphatic rings. The number of halogens is 4. The van der Waals surface area contributed by atoms with E-state index in [-0.39, 0.29) is 16.8 Å². The largest absolute Gasteiger partial charge is 0.412 e. The number of rotatable bonds is 0. The summed E-state index contributed by atoms with van der Waals surface area (Å²) >= 11 is 0. The molecule has 0 bridgehead atoms. The fourth-order valence-electron chi connectivity index (χ4n) is 0. The van der Waals surface area contributed by atoms with Gasteiger partial charge < -0.3 is 10.6 Å². The first-order chi connectivity index (χ1) is 3.15. The van der Waals surface area contributed by atoms with Crippen LogP contribution in [0.4, 0.5) is 17.9 Å². The van der Waals surface area contributed by atoms with Gasteiger partial charge >= 0.3 is 6.68 Å². The van der Waals surface area contributed by atoms with Crippen molar-refractivity contribution < 1.29 is 28.5 Å². The minimum atomic E-state index is -3.67. The van der Waals surface area contributed by atoms with Crippen LogP contribution in [0, 0.1) is 0 Å². The summed E-state index contributed by atoms with van der Waals surface area (Å²) in [5.41, 5.74) is 0. The second-order valence-corrected chi connectivity index (χ2v) is 0.564. The molecule has 0 aliphatic carbocycles. The summed E-state index contributed by atoms with van der Waals surface area (Å²) in [6.07, 6.45) is 0. The number of aliphatic hydroxyl groups excluding tert-OH is 1. The Kier molecular flexibility index (Phi) is 66.2. The Morgan fingerprint density at radius 3 is 1.33 bits per heavy atom. The SMILES string of the molecule is CCO.F.FC(F)F.O. The summed E-state index contributed by atoms with van der Waals surface area (Å²) in [4.78, 5) is 0. The lowest BCUT2D eigenvalue weighted by atomic mass is 10.9. The first-order valence-corrected chi connectivity index (χ1v) is 1.68. The maximum Gasteiger partial charge on any atom is 0.379 e. The van der Waals surface area contributed by atoms with E-state index in [4.69, 9.17) is 5.11 Å². The first kappa shape index (κ1) is 23.4. The van der Waals surface area contributed by atoms with E-state index in [1.807, 2.05) is 0 Å². The van der Waals surface area contributed by atoms with Crippen molar-refractivity contribution in [2.75, 3.05) is 6.61 Å². The molecule has 0 saturated carbocycles. The van der Waals surface area contributed by atoms with E-state index >= 15 is 0 Å². The van der Waals surface area contributed by atoms with Crippen LogP contribution >= 0.6 is 0 Å². The summed E-state index contributed by atoms with van der Waals surface area (Å²) in [6.45, 7) is -1.74. The van der Waals surface area contributed by atoms with Crippen molar-refractivity contribution >= 4 is 0 Å². The predicted octanol–water partition coefficient (Wildman–Crippen LogP) is 0.505. The van der Waals surface area contributed by atoms with Gasteiger partial charge in [0.1, 0.15) is 0 Å². The molecule has 62 valence electrons. The molecule has 0 radical (unpaired) electrons.